The van der Waals surface area contributed by atoms with Crippen LogP contribution in [0.4, 0.5) is 0 Å². The van der Waals surface area contributed by atoms with Gasteiger partial charge >= 0.3 is 8.26 Å². The normalized spacial score (nSPS) is 10.3. The van der Waals surface area contributed by atoms with Crippen molar-refractivity contribution in [2.45, 2.75) is 0 Å². The van der Waals surface area contributed by atoms with E-state index in [-0.39, 0.29) is 5.91 Å². The fourth-order valence-corrected chi connectivity index (χ4v) is 1.20. The first kappa shape index (κ1) is 14.8. The largest absolute Gasteiger partial charge is 0.317 e. The van der Waals surface area contributed by atoms with Gasteiger partial charge in [-0.2, -0.15) is 8.42 Å². The van der Waals surface area contributed by atoms with Crippen molar-refractivity contribution in [3.8, 4) is 0 Å². The van der Waals surface area contributed by atoms with E-state index in [0.717, 1.165) is 0 Å². The Morgan fingerprint density at radius 2 is 1.39 bits per heavy atom. The SMILES string of the molecule is O=C(c1ccccc1)n1cccc1.O=S(=O)(Cl)Cl. The van der Waals surface area contributed by atoms with Gasteiger partial charge in [0.05, 0.1) is 0 Å². The minimum atomic E-state index is -3.72. The summed E-state index contributed by atoms with van der Waals surface area (Å²) >= 11 is 0. The number of carbonyl (C=O) groups excluding carboxylic acids is 1. The van der Waals surface area contributed by atoms with Gasteiger partial charge in [0.1, 0.15) is 0 Å². The Morgan fingerprint density at radius 1 is 0.944 bits per heavy atom. The lowest BCUT2D eigenvalue weighted by molar-refractivity contribution is 0.0960. The summed E-state index contributed by atoms with van der Waals surface area (Å²) in [7, 11) is 4.81. The summed E-state index contributed by atoms with van der Waals surface area (Å²) in [6.45, 7) is 0. The van der Waals surface area contributed by atoms with Gasteiger partial charge in [0.2, 0.25) is 0 Å². The molecular formula is C11H9Cl2NO3S. The van der Waals surface area contributed by atoms with Crippen LogP contribution in [0.15, 0.2) is 54.9 Å². The van der Waals surface area contributed by atoms with Crippen molar-refractivity contribution in [2.75, 3.05) is 0 Å². The summed E-state index contributed by atoms with van der Waals surface area (Å²) in [5.41, 5.74) is 0.707. The van der Waals surface area contributed by atoms with Gasteiger partial charge in [0.15, 0.2) is 0 Å². The van der Waals surface area contributed by atoms with E-state index in [1.165, 1.54) is 0 Å². The molecular weight excluding hydrogens is 297 g/mol. The maximum Gasteiger partial charge on any atom is 0.317 e. The molecule has 0 saturated heterocycles. The number of hydrogen-bond donors (Lipinski definition) is 0. The number of halogens is 2. The Labute approximate surface area is 114 Å². The molecule has 1 aromatic carbocycles. The van der Waals surface area contributed by atoms with Crippen LogP contribution < -0.4 is 0 Å². The highest BCUT2D eigenvalue weighted by molar-refractivity contribution is 8.31. The van der Waals surface area contributed by atoms with Crippen molar-refractivity contribution in [1.82, 2.24) is 4.57 Å². The van der Waals surface area contributed by atoms with Crippen molar-refractivity contribution >= 4 is 35.5 Å². The number of rotatable bonds is 1. The maximum atomic E-state index is 11.7. The van der Waals surface area contributed by atoms with Gasteiger partial charge in [-0.3, -0.25) is 9.36 Å². The second-order valence-corrected chi connectivity index (χ2v) is 6.81. The van der Waals surface area contributed by atoms with Crippen LogP contribution >= 0.6 is 21.4 Å². The molecule has 2 aromatic rings. The van der Waals surface area contributed by atoms with Crippen molar-refractivity contribution < 1.29 is 13.2 Å². The molecule has 0 N–H and O–H groups in total. The van der Waals surface area contributed by atoms with Crippen molar-refractivity contribution in [1.29, 1.82) is 0 Å². The van der Waals surface area contributed by atoms with E-state index < -0.39 is 8.26 Å². The highest BCUT2D eigenvalue weighted by Crippen LogP contribution is 2.02. The second kappa shape index (κ2) is 6.58. The molecule has 18 heavy (non-hydrogen) atoms. The second-order valence-electron chi connectivity index (χ2n) is 3.14. The third kappa shape index (κ3) is 5.86. The summed E-state index contributed by atoms with van der Waals surface area (Å²) in [6.07, 6.45) is 3.49. The number of nitrogens with zero attached hydrogens (tertiary/aromatic N) is 1. The molecule has 0 spiro atoms. The van der Waals surface area contributed by atoms with Gasteiger partial charge in [0, 0.05) is 39.3 Å². The Morgan fingerprint density at radius 3 is 1.83 bits per heavy atom. The molecule has 0 amide bonds. The maximum absolute atomic E-state index is 11.7. The first-order chi connectivity index (χ1) is 8.38. The lowest BCUT2D eigenvalue weighted by atomic mass is 10.2. The molecule has 0 aliphatic carbocycles. The summed E-state index contributed by atoms with van der Waals surface area (Å²) in [5.74, 6) is 0.00519. The number of aromatic nitrogens is 1. The molecule has 0 unspecified atom stereocenters. The zero-order chi connectivity index (χ0) is 13.6. The van der Waals surface area contributed by atoms with Crippen molar-refractivity contribution in [2.24, 2.45) is 0 Å². The van der Waals surface area contributed by atoms with E-state index in [1.807, 2.05) is 42.5 Å². The van der Waals surface area contributed by atoms with Crippen LogP contribution in [-0.4, -0.2) is 18.9 Å². The summed E-state index contributed by atoms with van der Waals surface area (Å²) in [4.78, 5) is 11.7. The molecule has 0 saturated carbocycles. The van der Waals surface area contributed by atoms with E-state index in [1.54, 1.807) is 17.0 Å². The van der Waals surface area contributed by atoms with Crippen LogP contribution in [0, 0.1) is 0 Å². The summed E-state index contributed by atoms with van der Waals surface area (Å²) < 4.78 is 19.9. The lowest BCUT2D eigenvalue weighted by Crippen LogP contribution is -2.08. The fourth-order valence-electron chi connectivity index (χ4n) is 1.20. The molecule has 0 bridgehead atoms. The molecule has 1 aromatic heterocycles. The third-order valence-corrected chi connectivity index (χ3v) is 1.86. The average molecular weight is 306 g/mol. The molecule has 0 aliphatic rings. The van der Waals surface area contributed by atoms with Crippen LogP contribution in [0.1, 0.15) is 10.4 Å². The average Bonchev–Trinajstić information content (AvgIpc) is 2.80. The summed E-state index contributed by atoms with van der Waals surface area (Å²) in [6, 6.07) is 12.9. The summed E-state index contributed by atoms with van der Waals surface area (Å²) in [5, 5.41) is 0. The minimum absolute atomic E-state index is 0.00519. The van der Waals surface area contributed by atoms with Crippen LogP contribution in [0.2, 0.25) is 0 Å². The monoisotopic (exact) mass is 305 g/mol. The smallest absolute Gasteiger partial charge is 0.291 e. The molecule has 0 radical (unpaired) electrons. The molecule has 0 atom stereocenters. The Balaban J connectivity index is 0.000000280. The van der Waals surface area contributed by atoms with Crippen molar-refractivity contribution in [3.05, 3.63) is 60.4 Å². The fraction of sp³-hybridized carbons (Fsp3) is 0. The van der Waals surface area contributed by atoms with Gasteiger partial charge in [-0.1, -0.05) is 18.2 Å². The Bertz CT molecular complexity index is 586. The van der Waals surface area contributed by atoms with Crippen LogP contribution in [-0.2, 0) is 8.26 Å². The first-order valence-electron chi connectivity index (χ1n) is 4.75. The topological polar surface area (TPSA) is 56.1 Å². The van der Waals surface area contributed by atoms with Gasteiger partial charge in [-0.15, -0.1) is 0 Å². The van der Waals surface area contributed by atoms with E-state index >= 15 is 0 Å². The van der Waals surface area contributed by atoms with E-state index in [2.05, 4.69) is 21.4 Å². The predicted octanol–water partition coefficient (Wildman–Crippen LogP) is 2.89. The highest BCUT2D eigenvalue weighted by Gasteiger charge is 2.04. The molecule has 0 fully saturated rings. The molecule has 7 heteroatoms. The number of benzene rings is 1. The van der Waals surface area contributed by atoms with Gasteiger partial charge in [-0.05, 0) is 24.3 Å². The van der Waals surface area contributed by atoms with E-state index in [4.69, 9.17) is 8.42 Å². The zero-order valence-corrected chi connectivity index (χ0v) is 11.4. The molecule has 96 valence electrons. The quantitative estimate of drug-likeness (QED) is 0.761. The van der Waals surface area contributed by atoms with E-state index in [9.17, 15) is 4.79 Å². The highest BCUT2D eigenvalue weighted by atomic mass is 36.0. The van der Waals surface area contributed by atoms with Gasteiger partial charge < -0.3 is 0 Å². The molecule has 1 heterocycles. The minimum Gasteiger partial charge on any atom is -0.291 e. The molecule has 0 aliphatic heterocycles. The third-order valence-electron chi connectivity index (χ3n) is 1.86. The number of carbonyl (C=O) groups is 1. The standard InChI is InChI=1S/C11H9NO.Cl2O2S/c13-11(12-8-4-5-9-12)10-6-2-1-3-7-10;1-5(2,3)4/h1-9H;. The van der Waals surface area contributed by atoms with E-state index in [0.29, 0.717) is 5.56 Å². The van der Waals surface area contributed by atoms with Crippen LogP contribution in [0.3, 0.4) is 0 Å². The van der Waals surface area contributed by atoms with Crippen molar-refractivity contribution in [3.63, 3.8) is 0 Å². The van der Waals surface area contributed by atoms with Crippen LogP contribution in [0.25, 0.3) is 0 Å². The Hall–Kier alpha value is -1.30. The zero-order valence-electron chi connectivity index (χ0n) is 9.03. The molecule has 4 nitrogen and oxygen atoms in total. The number of hydrogen-bond acceptors (Lipinski definition) is 3. The van der Waals surface area contributed by atoms with Gasteiger partial charge in [0.25, 0.3) is 5.91 Å². The van der Waals surface area contributed by atoms with Gasteiger partial charge in [-0.25, -0.2) is 0 Å². The first-order valence-corrected chi connectivity index (χ1v) is 7.88. The molecule has 2 rings (SSSR count). The van der Waals surface area contributed by atoms with Crippen LogP contribution in [0.5, 0.6) is 0 Å². The Kier molecular flexibility index (Phi) is 5.40. The lowest BCUT2D eigenvalue weighted by Gasteiger charge is -1.99. The predicted molar refractivity (Wildman–Crippen MR) is 71.2 cm³/mol.